The Morgan fingerprint density at radius 2 is 2.22 bits per heavy atom. The highest BCUT2D eigenvalue weighted by atomic mass is 35.5. The van der Waals surface area contributed by atoms with Crippen molar-refractivity contribution in [1.82, 2.24) is 4.90 Å². The molecule has 3 rings (SSSR count). The van der Waals surface area contributed by atoms with Crippen LogP contribution in [-0.4, -0.2) is 43.8 Å². The van der Waals surface area contributed by atoms with Crippen molar-refractivity contribution < 1.29 is 14.3 Å². The van der Waals surface area contributed by atoms with Gasteiger partial charge in [-0.25, -0.2) is 4.79 Å². The predicted molar refractivity (Wildman–Crippen MR) is 90.2 cm³/mol. The number of anilines is 1. The highest BCUT2D eigenvalue weighted by Gasteiger charge is 2.61. The Labute approximate surface area is 141 Å². The molecule has 1 saturated heterocycles. The maximum Gasteiger partial charge on any atom is 0.321 e. The van der Waals surface area contributed by atoms with Gasteiger partial charge in [0.2, 0.25) is 0 Å². The quantitative estimate of drug-likeness (QED) is 0.915. The Balaban J connectivity index is 1.75. The van der Waals surface area contributed by atoms with Gasteiger partial charge in [0.1, 0.15) is 0 Å². The summed E-state index contributed by atoms with van der Waals surface area (Å²) in [5.41, 5.74) is 0.541. The fourth-order valence-electron chi connectivity index (χ4n) is 4.23. The molecule has 2 fully saturated rings. The number of urea groups is 1. The number of ether oxygens (including phenoxy) is 2. The van der Waals surface area contributed by atoms with Gasteiger partial charge in [0.25, 0.3) is 0 Å². The third kappa shape index (κ3) is 2.56. The fourth-order valence-corrected chi connectivity index (χ4v) is 4.48. The minimum atomic E-state index is -0.158. The van der Waals surface area contributed by atoms with E-state index < -0.39 is 0 Å². The van der Waals surface area contributed by atoms with Gasteiger partial charge in [0, 0.05) is 31.0 Å². The van der Waals surface area contributed by atoms with E-state index in [1.54, 1.807) is 23.1 Å². The summed E-state index contributed by atoms with van der Waals surface area (Å²) in [5.74, 6) is 0.896. The van der Waals surface area contributed by atoms with Crippen molar-refractivity contribution in [1.29, 1.82) is 0 Å². The number of rotatable bonds is 3. The van der Waals surface area contributed by atoms with Crippen LogP contribution < -0.4 is 10.1 Å². The van der Waals surface area contributed by atoms with Gasteiger partial charge in [-0.15, -0.1) is 0 Å². The van der Waals surface area contributed by atoms with Crippen LogP contribution in [-0.2, 0) is 4.74 Å². The lowest BCUT2D eigenvalue weighted by Gasteiger charge is -2.57. The number of carbonyl (C=O) groups excluding carboxylic acids is 1. The fraction of sp³-hybridized carbons (Fsp3) is 0.588. The first-order chi connectivity index (χ1) is 10.9. The molecule has 5 nitrogen and oxygen atoms in total. The first-order valence-corrected chi connectivity index (χ1v) is 8.23. The average molecular weight is 339 g/mol. The van der Waals surface area contributed by atoms with Crippen LogP contribution in [0.1, 0.15) is 20.3 Å². The molecule has 6 heteroatoms. The number of para-hydroxylation sites is 1. The van der Waals surface area contributed by atoms with E-state index in [9.17, 15) is 4.79 Å². The summed E-state index contributed by atoms with van der Waals surface area (Å²) < 4.78 is 11.1. The number of fused-ring (bicyclic) bond motifs is 1. The van der Waals surface area contributed by atoms with Gasteiger partial charge in [0.05, 0.1) is 23.9 Å². The van der Waals surface area contributed by atoms with Crippen LogP contribution >= 0.6 is 11.6 Å². The molecule has 3 atom stereocenters. The van der Waals surface area contributed by atoms with E-state index in [2.05, 4.69) is 19.2 Å². The van der Waals surface area contributed by atoms with E-state index in [1.807, 2.05) is 7.05 Å². The van der Waals surface area contributed by atoms with Gasteiger partial charge in [-0.05, 0) is 18.6 Å². The summed E-state index contributed by atoms with van der Waals surface area (Å²) in [6.45, 7) is 5.11. The van der Waals surface area contributed by atoms with E-state index >= 15 is 0 Å². The van der Waals surface area contributed by atoms with E-state index in [-0.39, 0.29) is 23.6 Å². The molecule has 126 valence electrons. The lowest BCUT2D eigenvalue weighted by atomic mass is 9.57. The number of nitrogens with zero attached hydrogens (tertiary/aromatic N) is 1. The Morgan fingerprint density at radius 1 is 1.48 bits per heavy atom. The molecule has 1 aliphatic carbocycles. The second-order valence-corrected chi connectivity index (χ2v) is 7.28. The maximum absolute atomic E-state index is 12.7. The molecule has 0 unspecified atom stereocenters. The van der Waals surface area contributed by atoms with Crippen molar-refractivity contribution in [2.45, 2.75) is 32.4 Å². The summed E-state index contributed by atoms with van der Waals surface area (Å²) in [6, 6.07) is 5.31. The van der Waals surface area contributed by atoms with Gasteiger partial charge >= 0.3 is 6.03 Å². The van der Waals surface area contributed by atoms with Gasteiger partial charge in [0.15, 0.2) is 5.75 Å². The van der Waals surface area contributed by atoms with E-state index in [0.717, 1.165) is 13.0 Å². The minimum absolute atomic E-state index is 0.0360. The third-order valence-electron chi connectivity index (χ3n) is 5.19. The van der Waals surface area contributed by atoms with Crippen LogP contribution in [0.5, 0.6) is 5.75 Å². The Bertz CT molecular complexity index is 620. The van der Waals surface area contributed by atoms with Crippen LogP contribution in [0.3, 0.4) is 0 Å². The second-order valence-electron chi connectivity index (χ2n) is 6.87. The molecular formula is C17H23ClN2O3. The van der Waals surface area contributed by atoms with Gasteiger partial charge in [-0.1, -0.05) is 31.5 Å². The molecule has 1 aromatic carbocycles. The molecule has 1 saturated carbocycles. The Hall–Kier alpha value is -1.46. The largest absolute Gasteiger partial charge is 0.493 e. The summed E-state index contributed by atoms with van der Waals surface area (Å²) in [4.78, 5) is 14.5. The van der Waals surface area contributed by atoms with Crippen LogP contribution in [0.15, 0.2) is 18.2 Å². The van der Waals surface area contributed by atoms with Crippen LogP contribution in [0, 0.1) is 11.3 Å². The lowest BCUT2D eigenvalue weighted by molar-refractivity contribution is -0.137. The van der Waals surface area contributed by atoms with Gasteiger partial charge in [-0.2, -0.15) is 0 Å². The maximum atomic E-state index is 12.7. The number of halogens is 1. The highest BCUT2D eigenvalue weighted by molar-refractivity contribution is 6.32. The molecule has 1 N–H and O–H groups in total. The van der Waals surface area contributed by atoms with Crippen molar-refractivity contribution in [2.24, 2.45) is 11.3 Å². The normalized spacial score (nSPS) is 27.8. The number of benzene rings is 1. The average Bonchev–Trinajstić information content (AvgIpc) is 2.93. The molecule has 1 aliphatic heterocycles. The number of hydrogen-bond donors (Lipinski definition) is 1. The van der Waals surface area contributed by atoms with Crippen LogP contribution in [0.4, 0.5) is 10.5 Å². The zero-order valence-electron chi connectivity index (χ0n) is 13.9. The monoisotopic (exact) mass is 338 g/mol. The first-order valence-electron chi connectivity index (χ1n) is 7.86. The molecule has 0 bridgehead atoms. The standard InChI is InChI=1S/C17H23ClN2O3/c1-17(2)14(10-8-9-23-15(10)17)20(3)16(21)19-12-7-5-6-11(18)13(12)22-4/h5-7,10,14-15H,8-9H2,1-4H3,(H,19,21)/t10-,14-,15+/m1/s1. The van der Waals surface area contributed by atoms with Crippen molar-refractivity contribution in [3.8, 4) is 5.75 Å². The van der Waals surface area contributed by atoms with Crippen molar-refractivity contribution >= 4 is 23.3 Å². The molecule has 1 aromatic rings. The van der Waals surface area contributed by atoms with Gasteiger partial charge < -0.3 is 19.7 Å². The summed E-state index contributed by atoms with van der Waals surface area (Å²) in [6.07, 6.45) is 1.26. The van der Waals surface area contributed by atoms with Crippen molar-refractivity contribution in [3.05, 3.63) is 23.2 Å². The van der Waals surface area contributed by atoms with E-state index in [1.165, 1.54) is 7.11 Å². The number of nitrogens with one attached hydrogen (secondary N) is 1. The lowest BCUT2D eigenvalue weighted by Crippen LogP contribution is -2.67. The predicted octanol–water partition coefficient (Wildman–Crippen LogP) is 3.63. The number of amides is 2. The molecule has 0 spiro atoms. The number of methoxy groups -OCH3 is 1. The Morgan fingerprint density at radius 3 is 2.91 bits per heavy atom. The third-order valence-corrected chi connectivity index (χ3v) is 5.49. The highest BCUT2D eigenvalue weighted by Crippen LogP contribution is 2.54. The van der Waals surface area contributed by atoms with E-state index in [0.29, 0.717) is 22.4 Å². The van der Waals surface area contributed by atoms with Crippen LogP contribution in [0.2, 0.25) is 5.02 Å². The summed E-state index contributed by atoms with van der Waals surface area (Å²) in [7, 11) is 3.38. The first kappa shape index (κ1) is 16.4. The summed E-state index contributed by atoms with van der Waals surface area (Å²) >= 11 is 6.11. The molecule has 23 heavy (non-hydrogen) atoms. The van der Waals surface area contributed by atoms with Crippen molar-refractivity contribution in [2.75, 3.05) is 26.1 Å². The molecule has 0 aromatic heterocycles. The second kappa shape index (κ2) is 5.87. The molecule has 2 aliphatic rings. The molecule has 0 radical (unpaired) electrons. The minimum Gasteiger partial charge on any atom is -0.493 e. The SMILES string of the molecule is COc1c(Cl)cccc1NC(=O)N(C)[C@@H]1[C@H]2CCO[C@@H]2C1(C)C. The molecule has 1 heterocycles. The Kier molecular flexibility index (Phi) is 4.19. The zero-order valence-corrected chi connectivity index (χ0v) is 14.7. The van der Waals surface area contributed by atoms with Gasteiger partial charge in [-0.3, -0.25) is 0 Å². The molecular weight excluding hydrogens is 316 g/mol. The number of hydrogen-bond acceptors (Lipinski definition) is 3. The van der Waals surface area contributed by atoms with E-state index in [4.69, 9.17) is 21.1 Å². The smallest absolute Gasteiger partial charge is 0.321 e. The zero-order chi connectivity index (χ0) is 16.8. The molecule has 2 amide bonds. The number of carbonyl (C=O) groups is 1. The van der Waals surface area contributed by atoms with Crippen molar-refractivity contribution in [3.63, 3.8) is 0 Å². The van der Waals surface area contributed by atoms with Crippen LogP contribution in [0.25, 0.3) is 0 Å². The topological polar surface area (TPSA) is 50.8 Å². The summed E-state index contributed by atoms with van der Waals surface area (Å²) in [5, 5.41) is 3.38.